The summed E-state index contributed by atoms with van der Waals surface area (Å²) in [5.41, 5.74) is 7.27. The van der Waals surface area contributed by atoms with Gasteiger partial charge in [0.15, 0.2) is 5.84 Å². The first-order valence-electron chi connectivity index (χ1n) is 8.02. The van der Waals surface area contributed by atoms with Crippen molar-refractivity contribution in [2.75, 3.05) is 13.2 Å². The average molecular weight is 306 g/mol. The number of rotatable bonds is 7. The molecule has 2 rings (SSSR count). The maximum absolute atomic E-state index is 9.15. The summed E-state index contributed by atoms with van der Waals surface area (Å²) >= 11 is 0. The monoisotopic (exact) mass is 306 g/mol. The smallest absolute Gasteiger partial charge is 0.172 e. The van der Waals surface area contributed by atoms with E-state index in [1.165, 1.54) is 12.8 Å². The zero-order chi connectivity index (χ0) is 15.8. The zero-order valence-corrected chi connectivity index (χ0v) is 13.2. The fourth-order valence-electron chi connectivity index (χ4n) is 2.61. The molecule has 6 nitrogen and oxygen atoms in total. The van der Waals surface area contributed by atoms with Crippen LogP contribution < -0.4 is 5.73 Å². The molecule has 1 aliphatic rings. The van der Waals surface area contributed by atoms with Gasteiger partial charge in [0.2, 0.25) is 0 Å². The second-order valence-electron chi connectivity index (χ2n) is 5.52. The number of aliphatic hydroxyl groups is 1. The minimum Gasteiger partial charge on any atom is -0.394 e. The minimum atomic E-state index is -0.0546. The van der Waals surface area contributed by atoms with Crippen LogP contribution in [0.5, 0.6) is 0 Å². The summed E-state index contributed by atoms with van der Waals surface area (Å²) in [6, 6.07) is 3.95. The highest BCUT2D eigenvalue weighted by Gasteiger charge is 2.27. The predicted molar refractivity (Wildman–Crippen MR) is 88.3 cm³/mol. The van der Waals surface area contributed by atoms with Crippen molar-refractivity contribution < 1.29 is 9.84 Å². The van der Waals surface area contributed by atoms with Crippen LogP contribution in [0.15, 0.2) is 22.1 Å². The number of nitrogens with zero attached hydrogens (tertiary/aromatic N) is 2. The van der Waals surface area contributed by atoms with Gasteiger partial charge >= 0.3 is 0 Å². The fourth-order valence-corrected chi connectivity index (χ4v) is 2.61. The Hall–Kier alpha value is -1.66. The number of aromatic nitrogens is 1. The van der Waals surface area contributed by atoms with Crippen molar-refractivity contribution in [1.29, 1.82) is 0 Å². The molecule has 0 radical (unpaired) electrons. The number of aliphatic imine (C=N–C) groups is 2. The van der Waals surface area contributed by atoms with E-state index in [-0.39, 0.29) is 18.8 Å². The second kappa shape index (κ2) is 8.70. The average Bonchev–Trinajstić information content (AvgIpc) is 3.18. The summed E-state index contributed by atoms with van der Waals surface area (Å²) in [6.07, 6.45) is 6.41. The first kappa shape index (κ1) is 16.7. The third-order valence-corrected chi connectivity index (χ3v) is 3.83. The molecule has 1 aromatic rings. The van der Waals surface area contributed by atoms with Crippen LogP contribution in [0.25, 0.3) is 0 Å². The molecule has 0 bridgehead atoms. The van der Waals surface area contributed by atoms with Gasteiger partial charge in [-0.1, -0.05) is 19.8 Å². The summed E-state index contributed by atoms with van der Waals surface area (Å²) in [6.45, 7) is 2.99. The van der Waals surface area contributed by atoms with Crippen molar-refractivity contribution in [3.8, 4) is 0 Å². The van der Waals surface area contributed by atoms with Crippen molar-refractivity contribution >= 4 is 12.2 Å². The van der Waals surface area contributed by atoms with E-state index in [4.69, 9.17) is 15.6 Å². The summed E-state index contributed by atoms with van der Waals surface area (Å²) in [5, 5.41) is 9.15. The van der Waals surface area contributed by atoms with Gasteiger partial charge in [-0.25, -0.2) is 4.99 Å². The molecule has 1 aliphatic heterocycles. The number of unbranched alkanes of at least 4 members (excludes halogenated alkanes) is 2. The molecule has 2 atom stereocenters. The molecular formula is C16H26N4O2. The van der Waals surface area contributed by atoms with Crippen LogP contribution in [-0.4, -0.2) is 41.5 Å². The molecule has 1 aromatic heterocycles. The lowest BCUT2D eigenvalue weighted by Gasteiger charge is -2.10. The quantitative estimate of drug-likeness (QED) is 0.409. The molecule has 0 aromatic carbocycles. The molecular weight excluding hydrogens is 280 g/mol. The minimum absolute atomic E-state index is 0.00842. The highest BCUT2D eigenvalue weighted by atomic mass is 16.5. The van der Waals surface area contributed by atoms with Gasteiger partial charge in [0, 0.05) is 12.2 Å². The lowest BCUT2D eigenvalue weighted by molar-refractivity contribution is 0.00943. The van der Waals surface area contributed by atoms with Crippen molar-refractivity contribution in [2.24, 2.45) is 15.7 Å². The number of nitrogens with one attached hydrogen (secondary N) is 1. The SMILES string of the molecule is CCCCCN=C(N=CN)c1ccc(C2CCC(CO)O2)[nH]1. The van der Waals surface area contributed by atoms with E-state index in [0.29, 0.717) is 5.84 Å². The normalized spacial score (nSPS) is 22.7. The Kier molecular flexibility index (Phi) is 6.61. The summed E-state index contributed by atoms with van der Waals surface area (Å²) < 4.78 is 5.78. The number of hydrogen-bond donors (Lipinski definition) is 3. The largest absolute Gasteiger partial charge is 0.394 e. The van der Waals surface area contributed by atoms with Gasteiger partial charge in [0.1, 0.15) is 0 Å². The highest BCUT2D eigenvalue weighted by Crippen LogP contribution is 2.32. The molecule has 1 saturated heterocycles. The molecule has 0 amide bonds. The second-order valence-corrected chi connectivity index (χ2v) is 5.52. The van der Waals surface area contributed by atoms with Gasteiger partial charge in [-0.2, -0.15) is 0 Å². The molecule has 2 unspecified atom stereocenters. The number of hydrogen-bond acceptors (Lipinski definition) is 3. The van der Waals surface area contributed by atoms with Crippen molar-refractivity contribution in [1.82, 2.24) is 4.98 Å². The first-order valence-corrected chi connectivity index (χ1v) is 8.02. The lowest BCUT2D eigenvalue weighted by atomic mass is 10.1. The first-order chi connectivity index (χ1) is 10.8. The molecule has 2 heterocycles. The van der Waals surface area contributed by atoms with Crippen LogP contribution in [-0.2, 0) is 4.74 Å². The van der Waals surface area contributed by atoms with Gasteiger partial charge < -0.3 is 20.6 Å². The van der Waals surface area contributed by atoms with Crippen molar-refractivity contribution in [3.63, 3.8) is 0 Å². The molecule has 4 N–H and O–H groups in total. The van der Waals surface area contributed by atoms with Crippen molar-refractivity contribution in [3.05, 3.63) is 23.5 Å². The number of H-pyrrole nitrogens is 1. The number of amidine groups is 1. The van der Waals surface area contributed by atoms with E-state index >= 15 is 0 Å². The van der Waals surface area contributed by atoms with E-state index in [2.05, 4.69) is 21.9 Å². The Morgan fingerprint density at radius 2 is 2.32 bits per heavy atom. The molecule has 0 aliphatic carbocycles. The summed E-state index contributed by atoms with van der Waals surface area (Å²) in [7, 11) is 0. The van der Waals surface area contributed by atoms with Crippen molar-refractivity contribution in [2.45, 2.75) is 51.2 Å². The Balaban J connectivity index is 2.03. The van der Waals surface area contributed by atoms with E-state index in [9.17, 15) is 0 Å². The lowest BCUT2D eigenvalue weighted by Crippen LogP contribution is -2.11. The molecule has 0 spiro atoms. The fraction of sp³-hybridized carbons (Fsp3) is 0.625. The topological polar surface area (TPSA) is 96.0 Å². The van der Waals surface area contributed by atoms with E-state index in [1.807, 2.05) is 12.1 Å². The Bertz CT molecular complexity index is 510. The van der Waals surface area contributed by atoms with Crippen LogP contribution in [0.4, 0.5) is 0 Å². The van der Waals surface area contributed by atoms with Gasteiger partial charge in [-0.3, -0.25) is 4.99 Å². The standard InChI is InChI=1S/C16H26N4O2/c1-2-3-4-9-18-16(19-11-17)14-7-6-13(20-14)15-8-5-12(10-21)22-15/h6-7,11-12,15,20-21H,2-5,8-10H2,1H3,(H2,17,18,19). The van der Waals surface area contributed by atoms with Crippen LogP contribution in [0.3, 0.4) is 0 Å². The van der Waals surface area contributed by atoms with E-state index in [0.717, 1.165) is 43.6 Å². The highest BCUT2D eigenvalue weighted by molar-refractivity contribution is 6.01. The maximum Gasteiger partial charge on any atom is 0.172 e. The molecule has 122 valence electrons. The van der Waals surface area contributed by atoms with E-state index in [1.54, 1.807) is 0 Å². The third kappa shape index (κ3) is 4.42. The Morgan fingerprint density at radius 3 is 3.00 bits per heavy atom. The van der Waals surface area contributed by atoms with E-state index < -0.39 is 0 Å². The zero-order valence-electron chi connectivity index (χ0n) is 13.2. The maximum atomic E-state index is 9.15. The van der Waals surface area contributed by atoms with Gasteiger partial charge in [0.05, 0.1) is 30.8 Å². The van der Waals surface area contributed by atoms with Crippen LogP contribution in [0.1, 0.15) is 56.5 Å². The molecule has 6 heteroatoms. The predicted octanol–water partition coefficient (Wildman–Crippen LogP) is 2.15. The summed E-state index contributed by atoms with van der Waals surface area (Å²) in [4.78, 5) is 12.0. The number of aliphatic hydroxyl groups excluding tert-OH is 1. The van der Waals surface area contributed by atoms with Crippen LogP contribution >= 0.6 is 0 Å². The van der Waals surface area contributed by atoms with Crippen LogP contribution in [0.2, 0.25) is 0 Å². The number of aromatic amines is 1. The number of nitrogens with two attached hydrogens (primary N) is 1. The number of ether oxygens (including phenoxy) is 1. The molecule has 22 heavy (non-hydrogen) atoms. The molecule has 0 saturated carbocycles. The Labute approximate surface area is 131 Å². The van der Waals surface area contributed by atoms with Crippen LogP contribution in [0, 0.1) is 0 Å². The van der Waals surface area contributed by atoms with Gasteiger partial charge in [0.25, 0.3) is 0 Å². The summed E-state index contributed by atoms with van der Waals surface area (Å²) in [5.74, 6) is 0.626. The van der Waals surface area contributed by atoms with Gasteiger partial charge in [-0.05, 0) is 31.4 Å². The van der Waals surface area contributed by atoms with Gasteiger partial charge in [-0.15, -0.1) is 0 Å². The Morgan fingerprint density at radius 1 is 1.45 bits per heavy atom. The third-order valence-electron chi connectivity index (χ3n) is 3.83. The molecule has 1 fully saturated rings.